The van der Waals surface area contributed by atoms with Crippen molar-refractivity contribution >= 4 is 19.6 Å². The summed E-state index contributed by atoms with van der Waals surface area (Å²) >= 11 is 0. The summed E-state index contributed by atoms with van der Waals surface area (Å²) in [7, 11) is -3.40. The van der Waals surface area contributed by atoms with Gasteiger partial charge in [0.2, 0.25) is 5.91 Å². The summed E-state index contributed by atoms with van der Waals surface area (Å²) in [5, 5.41) is 0. The van der Waals surface area contributed by atoms with Gasteiger partial charge in [-0.05, 0) is 13.8 Å². The Balaban J connectivity index is 2.49. The van der Waals surface area contributed by atoms with Crippen LogP contribution in [-0.2, 0) is 23.1 Å². The van der Waals surface area contributed by atoms with Crippen LogP contribution in [0.2, 0.25) is 0 Å². The zero-order chi connectivity index (χ0) is 17.3. The molecule has 1 aliphatic rings. The van der Waals surface area contributed by atoms with Crippen LogP contribution in [0.25, 0.3) is 0 Å². The van der Waals surface area contributed by atoms with Crippen LogP contribution >= 0.6 is 7.60 Å². The van der Waals surface area contributed by atoms with E-state index >= 15 is 0 Å². The minimum absolute atomic E-state index is 0.157. The van der Waals surface area contributed by atoms with Crippen molar-refractivity contribution in [2.24, 2.45) is 0 Å². The summed E-state index contributed by atoms with van der Waals surface area (Å²) in [5.41, 5.74) is 0. The monoisotopic (exact) mass is 348 g/mol. The van der Waals surface area contributed by atoms with Crippen LogP contribution in [0.15, 0.2) is 12.7 Å². The van der Waals surface area contributed by atoms with Crippen LogP contribution in [0.1, 0.15) is 13.8 Å². The number of hydrogen-bond donors (Lipinski definition) is 0. The Labute approximate surface area is 136 Å². The molecule has 1 rings (SSSR count). The van der Waals surface area contributed by atoms with E-state index in [-0.39, 0.29) is 31.9 Å². The standard InChI is InChI=1S/C14H25N2O6P/c1-4-11-20-14(18)16-9-7-15(8-10-16)13(17)12-23(19,21-5-2)22-6-3/h4H,1,5-12H2,2-3H3. The van der Waals surface area contributed by atoms with E-state index in [1.165, 1.54) is 11.0 Å². The van der Waals surface area contributed by atoms with Gasteiger partial charge in [-0.3, -0.25) is 9.36 Å². The Morgan fingerprint density at radius 2 is 1.61 bits per heavy atom. The van der Waals surface area contributed by atoms with Crippen LogP contribution in [-0.4, -0.2) is 74.0 Å². The normalized spacial score (nSPS) is 15.4. The number of piperazine rings is 1. The van der Waals surface area contributed by atoms with Crippen LogP contribution in [0.4, 0.5) is 4.79 Å². The van der Waals surface area contributed by atoms with Crippen molar-refractivity contribution in [3.05, 3.63) is 12.7 Å². The Morgan fingerprint density at radius 1 is 1.09 bits per heavy atom. The van der Waals surface area contributed by atoms with E-state index in [4.69, 9.17) is 13.8 Å². The smallest absolute Gasteiger partial charge is 0.410 e. The first kappa shape index (κ1) is 19.7. The molecular formula is C14H25N2O6P. The number of nitrogens with zero attached hydrogens (tertiary/aromatic N) is 2. The van der Waals surface area contributed by atoms with E-state index in [1.54, 1.807) is 18.7 Å². The van der Waals surface area contributed by atoms with E-state index in [0.717, 1.165) is 0 Å². The summed E-state index contributed by atoms with van der Waals surface area (Å²) in [6.45, 7) is 8.93. The molecule has 0 aromatic heterocycles. The lowest BCUT2D eigenvalue weighted by Gasteiger charge is -2.34. The second kappa shape index (κ2) is 9.70. The summed E-state index contributed by atoms with van der Waals surface area (Å²) < 4.78 is 27.6. The van der Waals surface area contributed by atoms with E-state index in [2.05, 4.69) is 6.58 Å². The molecule has 1 aliphatic heterocycles. The fraction of sp³-hybridized carbons (Fsp3) is 0.714. The first-order chi connectivity index (χ1) is 11.0. The zero-order valence-corrected chi connectivity index (χ0v) is 14.6. The second-order valence-electron chi connectivity index (χ2n) is 4.84. The van der Waals surface area contributed by atoms with Gasteiger partial charge in [-0.15, -0.1) is 0 Å². The van der Waals surface area contributed by atoms with Crippen molar-refractivity contribution in [3.8, 4) is 0 Å². The summed E-state index contributed by atoms with van der Waals surface area (Å²) in [5.74, 6) is -0.297. The maximum absolute atomic E-state index is 12.4. The molecule has 8 nitrogen and oxygen atoms in total. The van der Waals surface area contributed by atoms with E-state index in [0.29, 0.717) is 26.2 Å². The highest BCUT2D eigenvalue weighted by Crippen LogP contribution is 2.47. The van der Waals surface area contributed by atoms with Gasteiger partial charge in [-0.25, -0.2) is 4.79 Å². The molecule has 0 bridgehead atoms. The van der Waals surface area contributed by atoms with Gasteiger partial charge < -0.3 is 23.6 Å². The van der Waals surface area contributed by atoms with Crippen LogP contribution in [0, 0.1) is 0 Å². The highest BCUT2D eigenvalue weighted by molar-refractivity contribution is 7.54. The third-order valence-corrected chi connectivity index (χ3v) is 5.16. The Bertz CT molecular complexity index is 452. The lowest BCUT2D eigenvalue weighted by Crippen LogP contribution is -2.51. The van der Waals surface area contributed by atoms with E-state index < -0.39 is 13.7 Å². The molecule has 9 heteroatoms. The Morgan fingerprint density at radius 3 is 2.09 bits per heavy atom. The predicted molar refractivity (Wildman–Crippen MR) is 85.4 cm³/mol. The molecule has 1 fully saturated rings. The topological polar surface area (TPSA) is 85.4 Å². The van der Waals surface area contributed by atoms with Gasteiger partial charge in [0.25, 0.3) is 0 Å². The molecule has 0 aliphatic carbocycles. The van der Waals surface area contributed by atoms with Crippen molar-refractivity contribution in [2.45, 2.75) is 13.8 Å². The minimum Gasteiger partial charge on any atom is -0.445 e. The van der Waals surface area contributed by atoms with Crippen molar-refractivity contribution in [2.75, 3.05) is 52.2 Å². The SMILES string of the molecule is C=CCOC(=O)N1CCN(C(=O)CP(=O)(OCC)OCC)CC1. The molecule has 0 saturated carbocycles. The van der Waals surface area contributed by atoms with Gasteiger partial charge in [-0.1, -0.05) is 12.7 Å². The fourth-order valence-electron chi connectivity index (χ4n) is 2.15. The largest absolute Gasteiger partial charge is 0.445 e. The number of carbonyl (C=O) groups is 2. The van der Waals surface area contributed by atoms with Gasteiger partial charge >= 0.3 is 13.7 Å². The third-order valence-electron chi connectivity index (χ3n) is 3.20. The van der Waals surface area contributed by atoms with Gasteiger partial charge in [0.1, 0.15) is 12.8 Å². The summed E-state index contributed by atoms with van der Waals surface area (Å²) in [6.07, 6.45) is 0.790. The van der Waals surface area contributed by atoms with Crippen LogP contribution < -0.4 is 0 Å². The van der Waals surface area contributed by atoms with Crippen LogP contribution in [0.5, 0.6) is 0 Å². The average Bonchev–Trinajstić information content (AvgIpc) is 2.53. The van der Waals surface area contributed by atoms with E-state index in [9.17, 15) is 14.2 Å². The predicted octanol–water partition coefficient (Wildman–Crippen LogP) is 1.72. The van der Waals surface area contributed by atoms with Gasteiger partial charge in [0.05, 0.1) is 13.2 Å². The molecule has 0 N–H and O–H groups in total. The quantitative estimate of drug-likeness (QED) is 0.490. The lowest BCUT2D eigenvalue weighted by atomic mass is 10.3. The number of rotatable bonds is 8. The number of hydrogen-bond acceptors (Lipinski definition) is 6. The maximum Gasteiger partial charge on any atom is 0.410 e. The maximum atomic E-state index is 12.4. The van der Waals surface area contributed by atoms with Gasteiger partial charge in [-0.2, -0.15) is 0 Å². The molecule has 0 aromatic carbocycles. The molecule has 132 valence electrons. The lowest BCUT2D eigenvalue weighted by molar-refractivity contribution is -0.130. The molecule has 0 spiro atoms. The Kier molecular flexibility index (Phi) is 8.30. The average molecular weight is 348 g/mol. The van der Waals surface area contributed by atoms with Crippen molar-refractivity contribution in [1.82, 2.24) is 9.80 Å². The summed E-state index contributed by atoms with van der Waals surface area (Å²) in [6, 6.07) is 0. The molecule has 0 aromatic rings. The minimum atomic E-state index is -3.40. The third kappa shape index (κ3) is 6.33. The zero-order valence-electron chi connectivity index (χ0n) is 13.7. The van der Waals surface area contributed by atoms with Crippen molar-refractivity contribution in [1.29, 1.82) is 0 Å². The van der Waals surface area contributed by atoms with Crippen molar-refractivity contribution in [3.63, 3.8) is 0 Å². The van der Waals surface area contributed by atoms with Gasteiger partial charge in [0.15, 0.2) is 0 Å². The van der Waals surface area contributed by atoms with Crippen molar-refractivity contribution < 1.29 is 27.9 Å². The fourth-order valence-corrected chi connectivity index (χ4v) is 3.72. The number of amides is 2. The first-order valence-electron chi connectivity index (χ1n) is 7.64. The van der Waals surface area contributed by atoms with Crippen LogP contribution in [0.3, 0.4) is 0 Å². The Hall–Kier alpha value is -1.37. The molecule has 1 heterocycles. The molecule has 0 radical (unpaired) electrons. The van der Waals surface area contributed by atoms with Gasteiger partial charge in [0, 0.05) is 26.2 Å². The number of ether oxygens (including phenoxy) is 1. The molecule has 1 saturated heterocycles. The summed E-state index contributed by atoms with van der Waals surface area (Å²) in [4.78, 5) is 27.0. The number of carbonyl (C=O) groups excluding carboxylic acids is 2. The molecule has 0 atom stereocenters. The highest BCUT2D eigenvalue weighted by atomic mass is 31.2. The molecule has 0 unspecified atom stereocenters. The highest BCUT2D eigenvalue weighted by Gasteiger charge is 2.32. The molecule has 2 amide bonds. The van der Waals surface area contributed by atoms with E-state index in [1.807, 2.05) is 0 Å². The first-order valence-corrected chi connectivity index (χ1v) is 9.37. The molecule has 23 heavy (non-hydrogen) atoms. The molecular weight excluding hydrogens is 323 g/mol. The second-order valence-corrected chi connectivity index (χ2v) is 6.89.